The maximum absolute atomic E-state index is 13.6. The third-order valence-corrected chi connectivity index (χ3v) is 6.35. The van der Waals surface area contributed by atoms with Crippen LogP contribution in [0, 0.1) is 18.8 Å². The van der Waals surface area contributed by atoms with Crippen molar-refractivity contribution in [2.75, 3.05) is 19.1 Å². The number of nitrogens with zero attached hydrogens (tertiary/aromatic N) is 2. The molecule has 9 heteroatoms. The number of rotatable bonds is 3. The molecular formula is C22H19ClN2O6. The van der Waals surface area contributed by atoms with E-state index in [2.05, 4.69) is 4.98 Å². The van der Waals surface area contributed by atoms with E-state index in [1.54, 1.807) is 43.3 Å². The van der Waals surface area contributed by atoms with Crippen molar-refractivity contribution in [3.05, 3.63) is 58.4 Å². The van der Waals surface area contributed by atoms with Crippen molar-refractivity contribution < 1.29 is 28.7 Å². The largest absolute Gasteiger partial charge is 0.468 e. The summed E-state index contributed by atoms with van der Waals surface area (Å²) >= 11 is 6.22. The second-order valence-corrected chi connectivity index (χ2v) is 7.89. The SMILES string of the molecule is COC(=O)C1(C(=O)OC)c2nc(Cl)c(C)cc2C[C@H]2C(=O)N(c3ccccc3)C(=O)[C@H]21. The number of hydrogen-bond acceptors (Lipinski definition) is 7. The van der Waals surface area contributed by atoms with Gasteiger partial charge in [0, 0.05) is 0 Å². The summed E-state index contributed by atoms with van der Waals surface area (Å²) in [6.45, 7) is 1.72. The van der Waals surface area contributed by atoms with Gasteiger partial charge >= 0.3 is 11.9 Å². The fraction of sp³-hybridized carbons (Fsp3) is 0.318. The van der Waals surface area contributed by atoms with Crippen LogP contribution >= 0.6 is 11.6 Å². The van der Waals surface area contributed by atoms with Crippen LogP contribution in [0.2, 0.25) is 5.15 Å². The number of imide groups is 1. The van der Waals surface area contributed by atoms with Crippen molar-refractivity contribution in [1.82, 2.24) is 4.98 Å². The van der Waals surface area contributed by atoms with Gasteiger partial charge in [0.15, 0.2) is 0 Å². The van der Waals surface area contributed by atoms with E-state index >= 15 is 0 Å². The molecule has 2 heterocycles. The van der Waals surface area contributed by atoms with Crippen molar-refractivity contribution >= 4 is 41.0 Å². The Hall–Kier alpha value is -3.26. The first-order valence-electron chi connectivity index (χ1n) is 9.55. The first-order chi connectivity index (χ1) is 14.8. The van der Waals surface area contributed by atoms with E-state index < -0.39 is 41.0 Å². The van der Waals surface area contributed by atoms with Gasteiger partial charge in [-0.25, -0.2) is 9.88 Å². The maximum Gasteiger partial charge on any atom is 0.330 e. The van der Waals surface area contributed by atoms with Crippen LogP contribution in [0.15, 0.2) is 36.4 Å². The van der Waals surface area contributed by atoms with Gasteiger partial charge in [0.2, 0.25) is 17.2 Å². The summed E-state index contributed by atoms with van der Waals surface area (Å²) in [5, 5.41) is 0.0751. The Morgan fingerprint density at radius 3 is 2.29 bits per heavy atom. The van der Waals surface area contributed by atoms with Gasteiger partial charge in [-0.15, -0.1) is 0 Å². The number of halogens is 1. The molecule has 0 saturated carbocycles. The zero-order chi connectivity index (χ0) is 22.5. The fourth-order valence-electron chi connectivity index (χ4n) is 4.63. The third-order valence-electron chi connectivity index (χ3n) is 5.97. The molecule has 0 unspecified atom stereocenters. The fourth-order valence-corrected chi connectivity index (χ4v) is 4.77. The molecule has 0 N–H and O–H groups in total. The van der Waals surface area contributed by atoms with Crippen LogP contribution in [0.3, 0.4) is 0 Å². The Balaban J connectivity index is 2.02. The number of fused-ring (bicyclic) bond motifs is 2. The predicted octanol–water partition coefficient (Wildman–Crippen LogP) is 1.99. The number of benzene rings is 1. The second kappa shape index (κ2) is 7.46. The van der Waals surface area contributed by atoms with Crippen LogP contribution in [-0.4, -0.2) is 43.0 Å². The lowest BCUT2D eigenvalue weighted by Crippen LogP contribution is -2.58. The van der Waals surface area contributed by atoms with Gasteiger partial charge in [-0.3, -0.25) is 19.2 Å². The predicted molar refractivity (Wildman–Crippen MR) is 109 cm³/mol. The first kappa shape index (κ1) is 21.0. The first-order valence-corrected chi connectivity index (χ1v) is 9.93. The molecule has 160 valence electrons. The highest BCUT2D eigenvalue weighted by Crippen LogP contribution is 2.51. The van der Waals surface area contributed by atoms with Crippen LogP contribution in [0.4, 0.5) is 5.69 Å². The van der Waals surface area contributed by atoms with E-state index in [-0.39, 0.29) is 17.3 Å². The number of hydrogen-bond donors (Lipinski definition) is 0. The highest BCUT2D eigenvalue weighted by atomic mass is 35.5. The number of pyridine rings is 1. The Labute approximate surface area is 183 Å². The minimum absolute atomic E-state index is 0.0147. The molecule has 1 fully saturated rings. The van der Waals surface area contributed by atoms with Crippen LogP contribution in [0.5, 0.6) is 0 Å². The highest BCUT2D eigenvalue weighted by molar-refractivity contribution is 6.30. The number of ether oxygens (including phenoxy) is 2. The number of amides is 2. The van der Waals surface area contributed by atoms with E-state index in [4.69, 9.17) is 21.1 Å². The second-order valence-electron chi connectivity index (χ2n) is 7.53. The lowest BCUT2D eigenvalue weighted by Gasteiger charge is -2.39. The summed E-state index contributed by atoms with van der Waals surface area (Å²) in [5.41, 5.74) is -0.842. The van der Waals surface area contributed by atoms with E-state index in [0.717, 1.165) is 19.1 Å². The number of aromatic nitrogens is 1. The third kappa shape index (κ3) is 2.78. The molecule has 1 aliphatic carbocycles. The number of para-hydroxylation sites is 1. The Morgan fingerprint density at radius 1 is 1.10 bits per heavy atom. The Kier molecular flexibility index (Phi) is 5.05. The smallest absolute Gasteiger partial charge is 0.330 e. The van der Waals surface area contributed by atoms with Gasteiger partial charge in [0.05, 0.1) is 37.4 Å². The van der Waals surface area contributed by atoms with Gasteiger partial charge in [-0.1, -0.05) is 35.9 Å². The molecule has 0 bridgehead atoms. The van der Waals surface area contributed by atoms with Crippen LogP contribution < -0.4 is 4.90 Å². The molecule has 2 aromatic rings. The maximum atomic E-state index is 13.6. The van der Waals surface area contributed by atoms with Gasteiger partial charge in [0.25, 0.3) is 0 Å². The zero-order valence-electron chi connectivity index (χ0n) is 17.0. The summed E-state index contributed by atoms with van der Waals surface area (Å²) in [7, 11) is 2.20. The summed E-state index contributed by atoms with van der Waals surface area (Å²) in [6.07, 6.45) is 0.120. The summed E-state index contributed by atoms with van der Waals surface area (Å²) in [5.74, 6) is -5.60. The lowest BCUT2D eigenvalue weighted by molar-refractivity contribution is -0.169. The van der Waals surface area contributed by atoms with Gasteiger partial charge in [-0.2, -0.15) is 0 Å². The Morgan fingerprint density at radius 2 is 1.71 bits per heavy atom. The number of methoxy groups -OCH3 is 2. The van der Waals surface area contributed by atoms with Crippen LogP contribution in [0.1, 0.15) is 16.8 Å². The van der Waals surface area contributed by atoms with Crippen LogP contribution in [-0.2, 0) is 40.5 Å². The Bertz CT molecular complexity index is 1100. The molecule has 1 saturated heterocycles. The molecule has 0 spiro atoms. The molecule has 0 radical (unpaired) electrons. The average Bonchev–Trinajstić information content (AvgIpc) is 3.02. The molecule has 4 rings (SSSR count). The van der Waals surface area contributed by atoms with Crippen molar-refractivity contribution in [2.45, 2.75) is 18.8 Å². The molecule has 2 aliphatic rings. The monoisotopic (exact) mass is 442 g/mol. The summed E-state index contributed by atoms with van der Waals surface area (Å²) in [6, 6.07) is 10.0. The molecule has 8 nitrogen and oxygen atoms in total. The van der Waals surface area contributed by atoms with Gasteiger partial charge in [-0.05, 0) is 36.6 Å². The summed E-state index contributed by atoms with van der Waals surface area (Å²) < 4.78 is 9.94. The molecule has 1 aromatic carbocycles. The number of carbonyl (C=O) groups is 4. The number of anilines is 1. The number of aryl methyl sites for hydroxylation is 1. The van der Waals surface area contributed by atoms with Crippen molar-refractivity contribution in [3.8, 4) is 0 Å². The topological polar surface area (TPSA) is 103 Å². The molecule has 1 aromatic heterocycles. The van der Waals surface area contributed by atoms with E-state index in [1.807, 2.05) is 0 Å². The molecule has 31 heavy (non-hydrogen) atoms. The molecule has 1 aliphatic heterocycles. The molecular weight excluding hydrogens is 424 g/mol. The molecule has 2 amide bonds. The molecule has 2 atom stereocenters. The highest BCUT2D eigenvalue weighted by Gasteiger charge is 2.70. The van der Waals surface area contributed by atoms with Crippen molar-refractivity contribution in [2.24, 2.45) is 11.8 Å². The van der Waals surface area contributed by atoms with Crippen LogP contribution in [0.25, 0.3) is 0 Å². The van der Waals surface area contributed by atoms with Gasteiger partial charge in [0.1, 0.15) is 5.15 Å². The summed E-state index contributed by atoms with van der Waals surface area (Å²) in [4.78, 5) is 58.7. The van der Waals surface area contributed by atoms with E-state index in [1.165, 1.54) is 0 Å². The zero-order valence-corrected chi connectivity index (χ0v) is 17.8. The number of esters is 2. The van der Waals surface area contributed by atoms with Crippen molar-refractivity contribution in [3.63, 3.8) is 0 Å². The standard InChI is InChI=1S/C22H19ClN2O6/c1-11-9-12-10-14-15(19(27)25(18(14)26)13-7-5-4-6-8-13)22(20(28)30-2,21(29)31-3)16(12)24-17(11)23/h4-9,14-15H,10H2,1-3H3/t14-,15+/m1/s1. The lowest BCUT2D eigenvalue weighted by atomic mass is 9.61. The average molecular weight is 443 g/mol. The minimum Gasteiger partial charge on any atom is -0.468 e. The van der Waals surface area contributed by atoms with Crippen molar-refractivity contribution in [1.29, 1.82) is 0 Å². The number of carbonyl (C=O) groups excluding carboxylic acids is 4. The van der Waals surface area contributed by atoms with E-state index in [0.29, 0.717) is 16.8 Å². The van der Waals surface area contributed by atoms with E-state index in [9.17, 15) is 19.2 Å². The minimum atomic E-state index is -2.25. The normalized spacial score (nSPS) is 21.4. The van der Waals surface area contributed by atoms with Gasteiger partial charge < -0.3 is 9.47 Å². The quantitative estimate of drug-likeness (QED) is 0.310.